The van der Waals surface area contributed by atoms with Gasteiger partial charge in [-0.1, -0.05) is 78.9 Å². The van der Waals surface area contributed by atoms with Crippen LogP contribution in [0.4, 0.5) is 0 Å². The fraction of sp³-hybridized carbons (Fsp3) is 0.0606. The normalized spacial score (nSPS) is 11.1. The molecule has 5 aromatic carbocycles. The van der Waals surface area contributed by atoms with Crippen LogP contribution in [-0.2, 0) is 6.42 Å². The van der Waals surface area contributed by atoms with E-state index in [0.29, 0.717) is 11.8 Å². The van der Waals surface area contributed by atoms with Crippen molar-refractivity contribution in [2.24, 2.45) is 0 Å². The highest BCUT2D eigenvalue weighted by molar-refractivity contribution is 5.91. The summed E-state index contributed by atoms with van der Waals surface area (Å²) in [5.74, 6) is 0.792. The molecule has 6 rings (SSSR count). The highest BCUT2D eigenvalue weighted by Gasteiger charge is 2.20. The van der Waals surface area contributed by atoms with Crippen LogP contribution >= 0.6 is 0 Å². The number of rotatable bonds is 5. The molecule has 36 heavy (non-hydrogen) atoms. The largest absolute Gasteiger partial charge is 0.497 e. The lowest BCUT2D eigenvalue weighted by Crippen LogP contribution is -2.18. The maximum absolute atomic E-state index is 14.0. The van der Waals surface area contributed by atoms with E-state index in [1.165, 1.54) is 5.39 Å². The molecule has 0 N–H and O–H groups in total. The first-order valence-electron chi connectivity index (χ1n) is 12.1. The highest BCUT2D eigenvalue weighted by Crippen LogP contribution is 2.33. The Bertz CT molecular complexity index is 1750. The summed E-state index contributed by atoms with van der Waals surface area (Å²) in [5, 5.41) is 3.02. The average molecular weight is 468 g/mol. The van der Waals surface area contributed by atoms with Gasteiger partial charge in [-0.15, -0.1) is 0 Å². The van der Waals surface area contributed by atoms with Gasteiger partial charge in [0.05, 0.1) is 18.3 Å². The number of hydrogen-bond donors (Lipinski definition) is 0. The second-order valence-corrected chi connectivity index (χ2v) is 8.93. The van der Waals surface area contributed by atoms with Gasteiger partial charge >= 0.3 is 0 Å². The van der Waals surface area contributed by atoms with Gasteiger partial charge in [0.2, 0.25) is 0 Å². The third-order valence-electron chi connectivity index (χ3n) is 6.75. The molecule has 0 aliphatic heterocycles. The summed E-state index contributed by atoms with van der Waals surface area (Å²) >= 11 is 0. The molecular formula is C33H25NO2. The Morgan fingerprint density at radius 3 is 2.17 bits per heavy atom. The number of pyridine rings is 1. The summed E-state index contributed by atoms with van der Waals surface area (Å²) in [6.07, 6.45) is 0.544. The minimum absolute atomic E-state index is 0.0716. The number of methoxy groups -OCH3 is 1. The molecule has 3 heteroatoms. The molecular weight excluding hydrogens is 442 g/mol. The van der Waals surface area contributed by atoms with Crippen molar-refractivity contribution >= 4 is 21.7 Å². The van der Waals surface area contributed by atoms with Gasteiger partial charge in [0.25, 0.3) is 0 Å². The highest BCUT2D eigenvalue weighted by atomic mass is 16.5. The Kier molecular flexibility index (Phi) is 5.59. The number of ether oxygens (including phenoxy) is 1. The van der Waals surface area contributed by atoms with Crippen LogP contribution in [-0.4, -0.2) is 11.7 Å². The molecule has 6 aromatic rings. The average Bonchev–Trinajstić information content (AvgIpc) is 2.95. The molecule has 0 saturated carbocycles. The SMILES string of the molecule is COc1ccc(-n2c(-c3ccc4ccccc4c3)c(Cc3ccccc3)c(=O)c3ccccc32)cc1. The fourth-order valence-electron chi connectivity index (χ4n) is 4.99. The molecule has 0 unspecified atom stereocenters. The quantitative estimate of drug-likeness (QED) is 0.264. The van der Waals surface area contributed by atoms with Crippen molar-refractivity contribution in [3.63, 3.8) is 0 Å². The van der Waals surface area contributed by atoms with Crippen molar-refractivity contribution < 1.29 is 4.74 Å². The predicted molar refractivity (Wildman–Crippen MR) is 148 cm³/mol. The summed E-state index contributed by atoms with van der Waals surface area (Å²) in [7, 11) is 1.67. The number of para-hydroxylation sites is 1. The van der Waals surface area contributed by atoms with Gasteiger partial charge in [0.15, 0.2) is 5.43 Å². The molecule has 3 nitrogen and oxygen atoms in total. The lowest BCUT2D eigenvalue weighted by atomic mass is 9.94. The van der Waals surface area contributed by atoms with E-state index in [4.69, 9.17) is 4.74 Å². The number of hydrogen-bond acceptors (Lipinski definition) is 2. The van der Waals surface area contributed by atoms with Gasteiger partial charge in [0.1, 0.15) is 5.75 Å². The van der Waals surface area contributed by atoms with Crippen LogP contribution in [0.2, 0.25) is 0 Å². The molecule has 174 valence electrons. The molecule has 0 spiro atoms. The molecule has 0 saturated heterocycles. The first-order valence-corrected chi connectivity index (χ1v) is 12.1. The first kappa shape index (κ1) is 21.9. The molecule has 0 bridgehead atoms. The van der Waals surface area contributed by atoms with E-state index < -0.39 is 0 Å². The lowest BCUT2D eigenvalue weighted by Gasteiger charge is -2.22. The third kappa shape index (κ3) is 3.85. The van der Waals surface area contributed by atoms with Crippen LogP contribution < -0.4 is 10.2 Å². The maximum atomic E-state index is 14.0. The fourth-order valence-corrected chi connectivity index (χ4v) is 4.99. The Balaban J connectivity index is 1.73. The second-order valence-electron chi connectivity index (χ2n) is 8.93. The minimum atomic E-state index is 0.0716. The Morgan fingerprint density at radius 2 is 1.39 bits per heavy atom. The van der Waals surface area contributed by atoms with E-state index in [-0.39, 0.29) is 5.43 Å². The van der Waals surface area contributed by atoms with Crippen molar-refractivity contribution in [3.8, 4) is 22.7 Å². The Morgan fingerprint density at radius 1 is 0.694 bits per heavy atom. The molecule has 0 fully saturated rings. The second kappa shape index (κ2) is 9.20. The molecule has 1 heterocycles. The zero-order chi connectivity index (χ0) is 24.5. The van der Waals surface area contributed by atoms with Crippen molar-refractivity contribution in [2.45, 2.75) is 6.42 Å². The van der Waals surface area contributed by atoms with Gasteiger partial charge in [-0.3, -0.25) is 4.79 Å². The van der Waals surface area contributed by atoms with Gasteiger partial charge in [0, 0.05) is 23.1 Å². The standard InChI is InChI=1S/C33H25NO2/c1-36-28-19-17-27(18-20-28)34-31-14-8-7-13-29(31)33(35)30(21-23-9-3-2-4-10-23)32(34)26-16-15-24-11-5-6-12-25(24)22-26/h2-20,22H,21H2,1H3. The van der Waals surface area contributed by atoms with Crippen LogP contribution in [0, 0.1) is 0 Å². The summed E-state index contributed by atoms with van der Waals surface area (Å²) in [6, 6.07) is 40.9. The van der Waals surface area contributed by atoms with Crippen molar-refractivity contribution in [1.29, 1.82) is 0 Å². The smallest absolute Gasteiger partial charge is 0.193 e. The molecule has 0 atom stereocenters. The molecule has 0 amide bonds. The number of nitrogens with zero attached hydrogens (tertiary/aromatic N) is 1. The van der Waals surface area contributed by atoms with Gasteiger partial charge in [-0.25, -0.2) is 0 Å². The van der Waals surface area contributed by atoms with Crippen molar-refractivity contribution in [3.05, 3.63) is 143 Å². The molecule has 0 aliphatic carbocycles. The summed E-state index contributed by atoms with van der Waals surface area (Å²) in [6.45, 7) is 0. The van der Waals surface area contributed by atoms with Gasteiger partial charge < -0.3 is 9.30 Å². The zero-order valence-electron chi connectivity index (χ0n) is 20.0. The van der Waals surface area contributed by atoms with Crippen LogP contribution in [0.1, 0.15) is 11.1 Å². The summed E-state index contributed by atoms with van der Waals surface area (Å²) in [4.78, 5) is 14.0. The van der Waals surface area contributed by atoms with Gasteiger partial charge in [-0.2, -0.15) is 0 Å². The maximum Gasteiger partial charge on any atom is 0.193 e. The molecule has 0 radical (unpaired) electrons. The van der Waals surface area contributed by atoms with E-state index in [2.05, 4.69) is 47.0 Å². The van der Waals surface area contributed by atoms with Crippen molar-refractivity contribution in [2.75, 3.05) is 7.11 Å². The molecule has 0 aliphatic rings. The summed E-state index contributed by atoms with van der Waals surface area (Å²) in [5.41, 5.74) is 5.75. The van der Waals surface area contributed by atoms with E-state index >= 15 is 0 Å². The number of fused-ring (bicyclic) bond motifs is 2. The van der Waals surface area contributed by atoms with Crippen LogP contribution in [0.5, 0.6) is 5.75 Å². The number of benzene rings is 5. The number of aromatic nitrogens is 1. The summed E-state index contributed by atoms with van der Waals surface area (Å²) < 4.78 is 7.64. The Labute approximate surface area is 209 Å². The van der Waals surface area contributed by atoms with Crippen molar-refractivity contribution in [1.82, 2.24) is 4.57 Å². The monoisotopic (exact) mass is 467 g/mol. The minimum Gasteiger partial charge on any atom is -0.497 e. The van der Waals surface area contributed by atoms with E-state index in [1.807, 2.05) is 78.9 Å². The van der Waals surface area contributed by atoms with Gasteiger partial charge in [-0.05, 0) is 64.4 Å². The Hall–Kier alpha value is -4.63. The molecule has 1 aromatic heterocycles. The van der Waals surface area contributed by atoms with Crippen LogP contribution in [0.25, 0.3) is 38.6 Å². The van der Waals surface area contributed by atoms with E-state index in [0.717, 1.165) is 44.7 Å². The zero-order valence-corrected chi connectivity index (χ0v) is 20.0. The lowest BCUT2D eigenvalue weighted by molar-refractivity contribution is 0.415. The van der Waals surface area contributed by atoms with E-state index in [9.17, 15) is 4.79 Å². The van der Waals surface area contributed by atoms with Crippen LogP contribution in [0.15, 0.2) is 126 Å². The van der Waals surface area contributed by atoms with E-state index in [1.54, 1.807) is 7.11 Å². The predicted octanol–water partition coefficient (Wildman–Crippen LogP) is 7.41. The third-order valence-corrected chi connectivity index (χ3v) is 6.75. The first-order chi connectivity index (χ1) is 17.7. The van der Waals surface area contributed by atoms with Crippen LogP contribution in [0.3, 0.4) is 0 Å². The topological polar surface area (TPSA) is 31.2 Å².